The van der Waals surface area contributed by atoms with Crippen LogP contribution in [0.15, 0.2) is 30.3 Å². The lowest BCUT2D eigenvalue weighted by Gasteiger charge is -2.47. The van der Waals surface area contributed by atoms with Crippen molar-refractivity contribution in [1.29, 1.82) is 0 Å². The van der Waals surface area contributed by atoms with Crippen LogP contribution in [0.4, 0.5) is 10.5 Å². The predicted octanol–water partition coefficient (Wildman–Crippen LogP) is 1.91. The fourth-order valence-electron chi connectivity index (χ4n) is 6.36. The summed E-state index contributed by atoms with van der Waals surface area (Å²) in [4.78, 5) is 43.8. The summed E-state index contributed by atoms with van der Waals surface area (Å²) in [7, 11) is 0. The number of hydrogen-bond acceptors (Lipinski definition) is 6. The monoisotopic (exact) mass is 488 g/mol. The van der Waals surface area contributed by atoms with E-state index in [1.54, 1.807) is 10.4 Å². The molecule has 3 amide bonds. The zero-order valence-electron chi connectivity index (χ0n) is 20.0. The van der Waals surface area contributed by atoms with Gasteiger partial charge in [0.1, 0.15) is 0 Å². The van der Waals surface area contributed by atoms with Gasteiger partial charge < -0.3 is 20.0 Å². The summed E-state index contributed by atoms with van der Waals surface area (Å²) in [6, 6.07) is 9.51. The molecule has 4 N–H and O–H groups in total. The molecule has 10 nitrogen and oxygen atoms in total. The van der Waals surface area contributed by atoms with E-state index in [2.05, 4.69) is 4.90 Å². The smallest absolute Gasteiger partial charge is 0.408 e. The van der Waals surface area contributed by atoms with Gasteiger partial charge in [0.05, 0.1) is 18.1 Å². The van der Waals surface area contributed by atoms with Gasteiger partial charge in [0.15, 0.2) is 0 Å². The van der Waals surface area contributed by atoms with E-state index in [9.17, 15) is 29.8 Å². The van der Waals surface area contributed by atoms with E-state index in [4.69, 9.17) is 0 Å². The Balaban J connectivity index is 1.46. The lowest BCUT2D eigenvalue weighted by Crippen LogP contribution is -2.60. The Morgan fingerprint density at radius 1 is 1.00 bits per heavy atom. The third-order valence-corrected chi connectivity index (χ3v) is 8.21. The Hall–Kier alpha value is -2.85. The molecule has 3 aliphatic rings. The van der Waals surface area contributed by atoms with Crippen molar-refractivity contribution in [3.63, 3.8) is 0 Å². The molecule has 1 aliphatic heterocycles. The van der Waals surface area contributed by atoms with Crippen LogP contribution in [0, 0.1) is 11.8 Å². The number of anilines is 1. The number of nitrogens with zero attached hydrogens (tertiary/aromatic N) is 3. The van der Waals surface area contributed by atoms with Gasteiger partial charge in [0.25, 0.3) is 0 Å². The highest BCUT2D eigenvalue weighted by molar-refractivity contribution is 5.87. The van der Waals surface area contributed by atoms with Crippen molar-refractivity contribution >= 4 is 23.6 Å². The van der Waals surface area contributed by atoms with E-state index in [-0.39, 0.29) is 18.9 Å². The molecule has 192 valence electrons. The van der Waals surface area contributed by atoms with Crippen molar-refractivity contribution in [1.82, 2.24) is 15.3 Å². The Labute approximate surface area is 205 Å². The Morgan fingerprint density at radius 2 is 1.66 bits per heavy atom. The summed E-state index contributed by atoms with van der Waals surface area (Å²) in [5, 5.41) is 29.6. The third kappa shape index (κ3) is 5.08. The molecule has 3 fully saturated rings. The molecule has 0 bridgehead atoms. The molecule has 2 aliphatic carbocycles. The second kappa shape index (κ2) is 10.8. The highest BCUT2D eigenvalue weighted by atomic mass is 16.5. The minimum atomic E-state index is -1.11. The Bertz CT molecular complexity index is 898. The zero-order valence-corrected chi connectivity index (χ0v) is 20.0. The minimum absolute atomic E-state index is 0.121. The summed E-state index contributed by atoms with van der Waals surface area (Å²) < 4.78 is 0. The maximum absolute atomic E-state index is 13.5. The molecule has 0 aromatic heterocycles. The van der Waals surface area contributed by atoms with Gasteiger partial charge in [0, 0.05) is 43.8 Å². The second-order valence-electron chi connectivity index (χ2n) is 10.0. The van der Waals surface area contributed by atoms with Crippen molar-refractivity contribution in [3.05, 3.63) is 30.3 Å². The third-order valence-electron chi connectivity index (χ3n) is 8.21. The number of aliphatic hydroxyl groups is 1. The molecule has 35 heavy (non-hydrogen) atoms. The number of nitrogens with one attached hydrogen (secondary N) is 1. The molecule has 10 heteroatoms. The minimum Gasteiger partial charge on any atom is -0.465 e. The lowest BCUT2D eigenvalue weighted by molar-refractivity contribution is -0.149. The standard InChI is InChI=1S/C25H36N4O6/c30-17-25(10-4-5-11-25)29(24(33)34)19-8-9-20(21(16-19)22(31)26-35)23(32)28-14-12-27(13-15-28)18-6-2-1-3-7-18/h1-3,6-7,19-21,30,35H,4-5,8-17H2,(H,26,31)(H,33,34)/t19-,20+,21+/m1/s1. The van der Waals surface area contributed by atoms with Crippen molar-refractivity contribution in [2.24, 2.45) is 11.8 Å². The number of carbonyl (C=O) groups is 3. The highest BCUT2D eigenvalue weighted by Gasteiger charge is 2.49. The molecule has 1 heterocycles. The number of benzene rings is 1. The van der Waals surface area contributed by atoms with E-state index >= 15 is 0 Å². The molecule has 4 rings (SSSR count). The maximum atomic E-state index is 13.5. The number of para-hydroxylation sites is 1. The van der Waals surface area contributed by atoms with Crippen LogP contribution in [-0.4, -0.2) is 87.5 Å². The number of hydrogen-bond donors (Lipinski definition) is 4. The van der Waals surface area contributed by atoms with Crippen LogP contribution in [0.5, 0.6) is 0 Å². The van der Waals surface area contributed by atoms with Crippen molar-refractivity contribution in [2.75, 3.05) is 37.7 Å². The summed E-state index contributed by atoms with van der Waals surface area (Å²) in [6.07, 6.45) is 2.65. The molecule has 3 atom stereocenters. The van der Waals surface area contributed by atoms with E-state index in [1.165, 1.54) is 4.90 Å². The average molecular weight is 489 g/mol. The summed E-state index contributed by atoms with van der Waals surface area (Å²) in [5.41, 5.74) is 1.96. The van der Waals surface area contributed by atoms with Crippen molar-refractivity contribution < 1.29 is 29.8 Å². The molecule has 0 unspecified atom stereocenters. The average Bonchev–Trinajstić information content (AvgIpc) is 3.38. The molecule has 1 saturated heterocycles. The quantitative estimate of drug-likeness (QED) is 0.355. The van der Waals surface area contributed by atoms with E-state index in [1.807, 2.05) is 30.3 Å². The highest BCUT2D eigenvalue weighted by Crippen LogP contribution is 2.42. The Morgan fingerprint density at radius 3 is 2.23 bits per heavy atom. The van der Waals surface area contributed by atoms with Crippen LogP contribution < -0.4 is 10.4 Å². The molecule has 0 radical (unpaired) electrons. The summed E-state index contributed by atoms with van der Waals surface area (Å²) in [6.45, 7) is 2.19. The normalized spacial score (nSPS) is 26.3. The van der Waals surface area contributed by atoms with E-state index in [0.29, 0.717) is 51.9 Å². The molecular formula is C25H36N4O6. The van der Waals surface area contributed by atoms with Crippen molar-refractivity contribution in [2.45, 2.75) is 56.5 Å². The van der Waals surface area contributed by atoms with Crippen LogP contribution in [0.3, 0.4) is 0 Å². The van der Waals surface area contributed by atoms with Gasteiger partial charge in [-0.25, -0.2) is 10.3 Å². The number of aliphatic hydroxyl groups excluding tert-OH is 1. The molecule has 1 aromatic rings. The van der Waals surface area contributed by atoms with E-state index < -0.39 is 35.4 Å². The number of hydroxylamine groups is 1. The van der Waals surface area contributed by atoms with Gasteiger partial charge in [-0.2, -0.15) is 0 Å². The number of piperazine rings is 1. The lowest BCUT2D eigenvalue weighted by atomic mass is 9.74. The van der Waals surface area contributed by atoms with Crippen LogP contribution in [0.1, 0.15) is 44.9 Å². The number of amides is 3. The number of rotatable bonds is 6. The van der Waals surface area contributed by atoms with Crippen LogP contribution in [0.25, 0.3) is 0 Å². The Kier molecular flexibility index (Phi) is 7.81. The number of carboxylic acid groups (broad SMARTS) is 1. The fourth-order valence-corrected chi connectivity index (χ4v) is 6.36. The first-order valence-electron chi connectivity index (χ1n) is 12.6. The van der Waals surface area contributed by atoms with Gasteiger partial charge in [-0.05, 0) is 44.2 Å². The zero-order chi connectivity index (χ0) is 25.0. The first-order chi connectivity index (χ1) is 16.9. The van der Waals surface area contributed by atoms with E-state index in [0.717, 1.165) is 18.5 Å². The van der Waals surface area contributed by atoms with Crippen LogP contribution >= 0.6 is 0 Å². The van der Waals surface area contributed by atoms with Gasteiger partial charge in [-0.1, -0.05) is 31.0 Å². The van der Waals surface area contributed by atoms with Crippen LogP contribution in [-0.2, 0) is 9.59 Å². The first kappa shape index (κ1) is 25.2. The van der Waals surface area contributed by atoms with Gasteiger partial charge in [-0.15, -0.1) is 0 Å². The number of carbonyl (C=O) groups excluding carboxylic acids is 2. The SMILES string of the molecule is O=C(NO)[C@H]1C[C@H](N(C(=O)O)C2(CO)CCCC2)CC[C@@H]1C(=O)N1CCN(c2ccccc2)CC1. The molecule has 1 aromatic carbocycles. The first-order valence-corrected chi connectivity index (χ1v) is 12.6. The summed E-state index contributed by atoms with van der Waals surface area (Å²) >= 11 is 0. The van der Waals surface area contributed by atoms with Crippen molar-refractivity contribution in [3.8, 4) is 0 Å². The molecule has 0 spiro atoms. The molecule has 2 saturated carbocycles. The fraction of sp³-hybridized carbons (Fsp3) is 0.640. The maximum Gasteiger partial charge on any atom is 0.408 e. The van der Waals surface area contributed by atoms with Gasteiger partial charge in [0.2, 0.25) is 11.8 Å². The van der Waals surface area contributed by atoms with Gasteiger partial charge in [-0.3, -0.25) is 19.7 Å². The second-order valence-corrected chi connectivity index (χ2v) is 10.0. The van der Waals surface area contributed by atoms with Gasteiger partial charge >= 0.3 is 6.09 Å². The predicted molar refractivity (Wildman–Crippen MR) is 128 cm³/mol. The topological polar surface area (TPSA) is 134 Å². The van der Waals surface area contributed by atoms with Crippen LogP contribution in [0.2, 0.25) is 0 Å². The summed E-state index contributed by atoms with van der Waals surface area (Å²) in [5.74, 6) is -2.24. The largest absolute Gasteiger partial charge is 0.465 e. The molecular weight excluding hydrogens is 452 g/mol.